The van der Waals surface area contributed by atoms with Crippen LogP contribution < -0.4 is 5.56 Å². The van der Waals surface area contributed by atoms with E-state index in [4.69, 9.17) is 4.42 Å². The van der Waals surface area contributed by atoms with Gasteiger partial charge in [0.1, 0.15) is 17.8 Å². The Morgan fingerprint density at radius 1 is 1.29 bits per heavy atom. The Balaban J connectivity index is 1.59. The maximum Gasteiger partial charge on any atom is 0.255 e. The Kier molecular flexibility index (Phi) is 4.08. The van der Waals surface area contributed by atoms with E-state index in [-0.39, 0.29) is 5.56 Å². The van der Waals surface area contributed by atoms with E-state index in [1.807, 2.05) is 36.4 Å². The summed E-state index contributed by atoms with van der Waals surface area (Å²) in [4.78, 5) is 22.3. The fourth-order valence-electron chi connectivity index (χ4n) is 3.01. The fraction of sp³-hybridized carbons (Fsp3) is 0.222. The molecule has 1 aliphatic rings. The largest absolute Gasteiger partial charge is 0.467 e. The molecule has 0 aliphatic carbocycles. The normalized spacial score (nSPS) is 14.5. The summed E-state index contributed by atoms with van der Waals surface area (Å²) in [7, 11) is 0. The van der Waals surface area contributed by atoms with Gasteiger partial charge in [0.25, 0.3) is 5.56 Å². The van der Waals surface area contributed by atoms with Crippen LogP contribution in [-0.4, -0.2) is 21.4 Å². The molecule has 1 N–H and O–H groups in total. The van der Waals surface area contributed by atoms with Crippen molar-refractivity contribution in [3.05, 3.63) is 74.5 Å². The number of halogens is 1. The molecule has 122 valence electrons. The van der Waals surface area contributed by atoms with Gasteiger partial charge in [-0.2, -0.15) is 0 Å². The number of aromatic amines is 1. The minimum absolute atomic E-state index is 0.0517. The lowest BCUT2D eigenvalue weighted by atomic mass is 10.1. The number of H-pyrrole nitrogens is 1. The SMILES string of the molecule is O=c1[nH]c(-c2ccccc2)nc2c1CN(Cc1cc(Br)co1)CC2. The number of benzene rings is 1. The summed E-state index contributed by atoms with van der Waals surface area (Å²) in [6.07, 6.45) is 2.44. The van der Waals surface area contributed by atoms with E-state index < -0.39 is 0 Å². The second-order valence-electron chi connectivity index (χ2n) is 5.90. The van der Waals surface area contributed by atoms with Crippen molar-refractivity contribution in [2.75, 3.05) is 6.54 Å². The highest BCUT2D eigenvalue weighted by Gasteiger charge is 2.22. The molecule has 3 heterocycles. The van der Waals surface area contributed by atoms with Crippen LogP contribution in [0.1, 0.15) is 17.0 Å². The molecule has 0 unspecified atom stereocenters. The molecule has 3 aromatic rings. The summed E-state index contributed by atoms with van der Waals surface area (Å²) in [5.41, 5.74) is 2.53. The van der Waals surface area contributed by atoms with E-state index >= 15 is 0 Å². The predicted octanol–water partition coefficient (Wildman–Crippen LogP) is 3.35. The van der Waals surface area contributed by atoms with Gasteiger partial charge in [-0.25, -0.2) is 4.98 Å². The first-order valence-corrected chi connectivity index (χ1v) is 8.61. The Hall–Kier alpha value is -2.18. The standard InChI is InChI=1S/C18H16BrN3O2/c19-13-8-14(24-11-13)9-22-7-6-16-15(10-22)18(23)21-17(20-16)12-4-2-1-3-5-12/h1-5,8,11H,6-7,9-10H2,(H,20,21,23). The topological polar surface area (TPSA) is 62.1 Å². The van der Waals surface area contributed by atoms with Crippen LogP contribution in [0.4, 0.5) is 0 Å². The average Bonchev–Trinajstić information content (AvgIpc) is 3.01. The molecule has 1 aromatic carbocycles. The molecule has 24 heavy (non-hydrogen) atoms. The lowest BCUT2D eigenvalue weighted by molar-refractivity contribution is 0.222. The van der Waals surface area contributed by atoms with E-state index in [1.165, 1.54) is 0 Å². The molecule has 0 fully saturated rings. The van der Waals surface area contributed by atoms with Gasteiger partial charge >= 0.3 is 0 Å². The molecule has 0 amide bonds. The zero-order chi connectivity index (χ0) is 16.5. The molecule has 0 saturated heterocycles. The maximum absolute atomic E-state index is 12.5. The number of nitrogens with zero attached hydrogens (tertiary/aromatic N) is 2. The average molecular weight is 386 g/mol. The van der Waals surface area contributed by atoms with Gasteiger partial charge in [-0.15, -0.1) is 0 Å². The summed E-state index contributed by atoms with van der Waals surface area (Å²) in [6.45, 7) is 2.13. The first-order valence-electron chi connectivity index (χ1n) is 7.82. The van der Waals surface area contributed by atoms with Crippen LogP contribution in [0.2, 0.25) is 0 Å². The first kappa shape index (κ1) is 15.4. The molecule has 2 aromatic heterocycles. The van der Waals surface area contributed by atoms with Gasteiger partial charge in [0.15, 0.2) is 0 Å². The number of hydrogen-bond donors (Lipinski definition) is 1. The van der Waals surface area contributed by atoms with Crippen LogP contribution in [0.25, 0.3) is 11.4 Å². The second kappa shape index (κ2) is 6.37. The monoisotopic (exact) mass is 385 g/mol. The Morgan fingerprint density at radius 3 is 2.88 bits per heavy atom. The number of rotatable bonds is 3. The van der Waals surface area contributed by atoms with Crippen molar-refractivity contribution in [1.82, 2.24) is 14.9 Å². The minimum atomic E-state index is -0.0517. The van der Waals surface area contributed by atoms with E-state index in [2.05, 4.69) is 30.8 Å². The van der Waals surface area contributed by atoms with Gasteiger partial charge in [-0.3, -0.25) is 9.69 Å². The molecule has 6 heteroatoms. The smallest absolute Gasteiger partial charge is 0.255 e. The Bertz CT molecular complexity index is 918. The maximum atomic E-state index is 12.5. The zero-order valence-corrected chi connectivity index (χ0v) is 14.5. The van der Waals surface area contributed by atoms with Crippen LogP contribution in [0.3, 0.4) is 0 Å². The van der Waals surface area contributed by atoms with Crippen molar-refractivity contribution >= 4 is 15.9 Å². The molecule has 0 radical (unpaired) electrons. The third-order valence-electron chi connectivity index (χ3n) is 4.20. The number of furan rings is 1. The van der Waals surface area contributed by atoms with Crippen LogP contribution in [0, 0.1) is 0 Å². The van der Waals surface area contributed by atoms with Crippen LogP contribution in [0.5, 0.6) is 0 Å². The van der Waals surface area contributed by atoms with E-state index in [0.717, 1.165) is 40.0 Å². The van der Waals surface area contributed by atoms with Gasteiger partial charge in [0, 0.05) is 25.1 Å². The van der Waals surface area contributed by atoms with Crippen molar-refractivity contribution in [2.45, 2.75) is 19.5 Å². The van der Waals surface area contributed by atoms with E-state index in [0.29, 0.717) is 18.9 Å². The number of nitrogens with one attached hydrogen (secondary N) is 1. The second-order valence-corrected chi connectivity index (χ2v) is 6.81. The molecule has 0 bridgehead atoms. The van der Waals surface area contributed by atoms with Crippen molar-refractivity contribution < 1.29 is 4.42 Å². The van der Waals surface area contributed by atoms with Gasteiger partial charge in [0.05, 0.1) is 22.3 Å². The van der Waals surface area contributed by atoms with Crippen molar-refractivity contribution in [3.63, 3.8) is 0 Å². The highest BCUT2D eigenvalue weighted by atomic mass is 79.9. The van der Waals surface area contributed by atoms with Crippen molar-refractivity contribution in [1.29, 1.82) is 0 Å². The van der Waals surface area contributed by atoms with E-state index in [1.54, 1.807) is 6.26 Å². The lowest BCUT2D eigenvalue weighted by Crippen LogP contribution is -2.35. The van der Waals surface area contributed by atoms with Crippen molar-refractivity contribution in [2.24, 2.45) is 0 Å². The Labute approximate surface area is 147 Å². The molecular formula is C18H16BrN3O2. The van der Waals surface area contributed by atoms with Crippen LogP contribution >= 0.6 is 15.9 Å². The summed E-state index contributed by atoms with van der Waals surface area (Å²) in [6, 6.07) is 11.7. The molecular weight excluding hydrogens is 370 g/mol. The van der Waals surface area contributed by atoms with Gasteiger partial charge in [-0.05, 0) is 22.0 Å². The summed E-state index contributed by atoms with van der Waals surface area (Å²) >= 11 is 3.39. The molecule has 0 spiro atoms. The molecule has 0 saturated carbocycles. The van der Waals surface area contributed by atoms with Crippen LogP contribution in [0.15, 0.2) is 56.3 Å². The molecule has 4 rings (SSSR count). The highest BCUT2D eigenvalue weighted by Crippen LogP contribution is 2.21. The molecule has 0 atom stereocenters. The van der Waals surface area contributed by atoms with Gasteiger partial charge in [-0.1, -0.05) is 30.3 Å². The molecule has 1 aliphatic heterocycles. The van der Waals surface area contributed by atoms with Gasteiger partial charge < -0.3 is 9.40 Å². The Morgan fingerprint density at radius 2 is 2.12 bits per heavy atom. The third kappa shape index (κ3) is 3.07. The zero-order valence-electron chi connectivity index (χ0n) is 13.0. The van der Waals surface area contributed by atoms with Crippen LogP contribution in [-0.2, 0) is 19.5 Å². The quantitative estimate of drug-likeness (QED) is 0.750. The number of aromatic nitrogens is 2. The predicted molar refractivity (Wildman–Crippen MR) is 94.5 cm³/mol. The molecule has 5 nitrogen and oxygen atoms in total. The highest BCUT2D eigenvalue weighted by molar-refractivity contribution is 9.10. The fourth-order valence-corrected chi connectivity index (χ4v) is 3.35. The van der Waals surface area contributed by atoms with Gasteiger partial charge in [0.2, 0.25) is 0 Å². The third-order valence-corrected chi connectivity index (χ3v) is 4.61. The first-order chi connectivity index (χ1) is 11.7. The number of fused-ring (bicyclic) bond motifs is 1. The summed E-state index contributed by atoms with van der Waals surface area (Å²) < 4.78 is 6.40. The van der Waals surface area contributed by atoms with Crippen molar-refractivity contribution in [3.8, 4) is 11.4 Å². The van der Waals surface area contributed by atoms with E-state index in [9.17, 15) is 4.79 Å². The minimum Gasteiger partial charge on any atom is -0.467 e. The summed E-state index contributed by atoms with van der Waals surface area (Å²) in [5, 5.41) is 0. The lowest BCUT2D eigenvalue weighted by Gasteiger charge is -2.26. The number of hydrogen-bond acceptors (Lipinski definition) is 4. The summed E-state index contributed by atoms with van der Waals surface area (Å²) in [5.74, 6) is 1.53.